The molecule has 0 unspecified atom stereocenters. The molecule has 96 valence electrons. The zero-order valence-electron chi connectivity index (χ0n) is 9.91. The van der Waals surface area contributed by atoms with Crippen LogP contribution < -0.4 is 11.1 Å². The van der Waals surface area contributed by atoms with E-state index in [1.54, 1.807) is 0 Å². The summed E-state index contributed by atoms with van der Waals surface area (Å²) in [4.78, 5) is 0. The van der Waals surface area contributed by atoms with Gasteiger partial charge < -0.3 is 16.2 Å². The van der Waals surface area contributed by atoms with Crippen LogP contribution in [0.1, 0.15) is 11.7 Å². The summed E-state index contributed by atoms with van der Waals surface area (Å²) in [5.74, 6) is 0. The van der Waals surface area contributed by atoms with Crippen LogP contribution in [0.25, 0.3) is 0 Å². The molecule has 0 amide bonds. The first-order valence-electron chi connectivity index (χ1n) is 5.58. The van der Waals surface area contributed by atoms with Crippen LogP contribution in [0, 0.1) is 0 Å². The van der Waals surface area contributed by atoms with E-state index in [0.717, 1.165) is 16.9 Å². The zero-order valence-corrected chi connectivity index (χ0v) is 10.7. The highest BCUT2D eigenvalue weighted by Crippen LogP contribution is 2.15. The summed E-state index contributed by atoms with van der Waals surface area (Å²) in [5, 5.41) is 13.1. The minimum atomic E-state index is -0.506. The van der Waals surface area contributed by atoms with Crippen molar-refractivity contribution in [1.82, 2.24) is 0 Å². The fourth-order valence-corrected chi connectivity index (χ4v) is 1.61. The first-order valence-corrected chi connectivity index (χ1v) is 5.58. The van der Waals surface area contributed by atoms with Crippen LogP contribution in [0.15, 0.2) is 54.6 Å². The highest BCUT2D eigenvalue weighted by Gasteiger charge is 2.05. The number of rotatable bonds is 4. The summed E-state index contributed by atoms with van der Waals surface area (Å²) in [7, 11) is 0. The molecule has 0 aliphatic rings. The van der Waals surface area contributed by atoms with Crippen molar-refractivity contribution < 1.29 is 5.11 Å². The Morgan fingerprint density at radius 1 is 1.00 bits per heavy atom. The maximum atomic E-state index is 9.95. The third-order valence-corrected chi connectivity index (χ3v) is 2.59. The molecule has 4 N–H and O–H groups in total. The van der Waals surface area contributed by atoms with E-state index in [0.29, 0.717) is 6.54 Å². The molecular weight excluding hydrogens is 248 g/mol. The van der Waals surface area contributed by atoms with E-state index in [2.05, 4.69) is 5.32 Å². The lowest BCUT2D eigenvalue weighted by molar-refractivity contribution is 0.191. The molecular formula is C14H17ClN2O. The van der Waals surface area contributed by atoms with Crippen LogP contribution in [0.3, 0.4) is 0 Å². The Labute approximate surface area is 113 Å². The number of hydrogen-bond donors (Lipinski definition) is 3. The van der Waals surface area contributed by atoms with Crippen LogP contribution in [0.2, 0.25) is 0 Å². The van der Waals surface area contributed by atoms with E-state index in [4.69, 9.17) is 5.73 Å². The Morgan fingerprint density at radius 3 is 2.22 bits per heavy atom. The van der Waals surface area contributed by atoms with Crippen molar-refractivity contribution in [2.75, 3.05) is 17.6 Å². The number of nitrogens with two attached hydrogens (primary N) is 1. The van der Waals surface area contributed by atoms with Crippen molar-refractivity contribution in [2.45, 2.75) is 6.10 Å². The maximum absolute atomic E-state index is 9.95. The van der Waals surface area contributed by atoms with Gasteiger partial charge >= 0.3 is 0 Å². The smallest absolute Gasteiger partial charge is 0.0962 e. The molecule has 0 aliphatic carbocycles. The quantitative estimate of drug-likeness (QED) is 0.745. The largest absolute Gasteiger partial charge is 0.399 e. The second kappa shape index (κ2) is 6.89. The van der Waals surface area contributed by atoms with Gasteiger partial charge in [-0.25, -0.2) is 0 Å². The third-order valence-electron chi connectivity index (χ3n) is 2.59. The topological polar surface area (TPSA) is 58.3 Å². The molecule has 0 bridgehead atoms. The van der Waals surface area contributed by atoms with Crippen molar-refractivity contribution >= 4 is 23.8 Å². The number of benzene rings is 2. The summed E-state index contributed by atoms with van der Waals surface area (Å²) in [6.45, 7) is 0.480. The monoisotopic (exact) mass is 264 g/mol. The molecule has 18 heavy (non-hydrogen) atoms. The number of nitrogen functional groups attached to an aromatic ring is 1. The standard InChI is InChI=1S/C14H16N2O.ClH/c15-12-6-8-13(9-7-12)16-10-14(17)11-4-2-1-3-5-11;/h1-9,14,16-17H,10,15H2;1H/t14-;/m0./s1. The van der Waals surface area contributed by atoms with Gasteiger partial charge in [-0.15, -0.1) is 12.4 Å². The normalized spacial score (nSPS) is 11.4. The van der Waals surface area contributed by atoms with Crippen LogP contribution in [-0.2, 0) is 0 Å². The van der Waals surface area contributed by atoms with Crippen LogP contribution >= 0.6 is 12.4 Å². The highest BCUT2D eigenvalue weighted by atomic mass is 35.5. The predicted octanol–water partition coefficient (Wildman–Crippen LogP) is 2.84. The Kier molecular flexibility index (Phi) is 5.49. The molecule has 0 spiro atoms. The second-order valence-electron chi connectivity index (χ2n) is 3.93. The molecule has 2 aromatic rings. The van der Waals surface area contributed by atoms with Gasteiger partial charge in [0, 0.05) is 17.9 Å². The number of halogens is 1. The van der Waals surface area contributed by atoms with E-state index in [-0.39, 0.29) is 12.4 Å². The molecule has 0 aromatic heterocycles. The summed E-state index contributed by atoms with van der Waals surface area (Å²) >= 11 is 0. The van der Waals surface area contributed by atoms with E-state index >= 15 is 0 Å². The van der Waals surface area contributed by atoms with Crippen LogP contribution in [-0.4, -0.2) is 11.7 Å². The molecule has 0 saturated carbocycles. The summed E-state index contributed by atoms with van der Waals surface area (Å²) in [6, 6.07) is 17.0. The Morgan fingerprint density at radius 2 is 1.61 bits per heavy atom. The van der Waals surface area contributed by atoms with E-state index in [1.165, 1.54) is 0 Å². The Balaban J connectivity index is 0.00000162. The Bertz CT molecular complexity index is 459. The first kappa shape index (κ1) is 14.4. The zero-order chi connectivity index (χ0) is 12.1. The maximum Gasteiger partial charge on any atom is 0.0962 e. The van der Waals surface area contributed by atoms with Gasteiger partial charge in [0.15, 0.2) is 0 Å². The molecule has 3 nitrogen and oxygen atoms in total. The molecule has 2 rings (SSSR count). The van der Waals surface area contributed by atoms with Gasteiger partial charge in [-0.1, -0.05) is 30.3 Å². The van der Waals surface area contributed by atoms with Gasteiger partial charge in [0.25, 0.3) is 0 Å². The van der Waals surface area contributed by atoms with Crippen molar-refractivity contribution in [2.24, 2.45) is 0 Å². The first-order chi connectivity index (χ1) is 8.25. The predicted molar refractivity (Wildman–Crippen MR) is 78.0 cm³/mol. The SMILES string of the molecule is Cl.Nc1ccc(NC[C@H](O)c2ccccc2)cc1. The van der Waals surface area contributed by atoms with Crippen molar-refractivity contribution in [1.29, 1.82) is 0 Å². The lowest BCUT2D eigenvalue weighted by atomic mass is 10.1. The van der Waals surface area contributed by atoms with Crippen molar-refractivity contribution in [3.05, 3.63) is 60.2 Å². The molecule has 1 atom stereocenters. The third kappa shape index (κ3) is 3.95. The summed E-state index contributed by atoms with van der Waals surface area (Å²) in [6.07, 6.45) is -0.506. The average molecular weight is 265 g/mol. The lowest BCUT2D eigenvalue weighted by Crippen LogP contribution is -2.11. The number of nitrogens with one attached hydrogen (secondary N) is 1. The van der Waals surface area contributed by atoms with Crippen molar-refractivity contribution in [3.63, 3.8) is 0 Å². The highest BCUT2D eigenvalue weighted by molar-refractivity contribution is 5.85. The Hall–Kier alpha value is -1.71. The average Bonchev–Trinajstić information content (AvgIpc) is 2.39. The van der Waals surface area contributed by atoms with Crippen LogP contribution in [0.5, 0.6) is 0 Å². The molecule has 4 heteroatoms. The molecule has 0 fully saturated rings. The fraction of sp³-hybridized carbons (Fsp3) is 0.143. The van der Waals surface area contributed by atoms with Gasteiger partial charge in [-0.2, -0.15) is 0 Å². The van der Waals surface area contributed by atoms with Gasteiger partial charge in [0.05, 0.1) is 6.10 Å². The fourth-order valence-electron chi connectivity index (χ4n) is 1.61. The molecule has 0 saturated heterocycles. The van der Waals surface area contributed by atoms with Gasteiger partial charge in [0.1, 0.15) is 0 Å². The van der Waals surface area contributed by atoms with Crippen LogP contribution in [0.4, 0.5) is 11.4 Å². The minimum absolute atomic E-state index is 0. The number of anilines is 2. The number of aliphatic hydroxyl groups is 1. The van der Waals surface area contributed by atoms with E-state index in [9.17, 15) is 5.11 Å². The molecule has 0 aliphatic heterocycles. The van der Waals surface area contributed by atoms with E-state index in [1.807, 2.05) is 54.6 Å². The van der Waals surface area contributed by atoms with Gasteiger partial charge in [-0.05, 0) is 29.8 Å². The molecule has 0 heterocycles. The molecule has 0 radical (unpaired) electrons. The van der Waals surface area contributed by atoms with Gasteiger partial charge in [0.2, 0.25) is 0 Å². The number of hydrogen-bond acceptors (Lipinski definition) is 3. The summed E-state index contributed by atoms with van der Waals surface area (Å²) < 4.78 is 0. The lowest BCUT2D eigenvalue weighted by Gasteiger charge is -2.13. The van der Waals surface area contributed by atoms with Crippen molar-refractivity contribution in [3.8, 4) is 0 Å². The summed E-state index contributed by atoms with van der Waals surface area (Å²) in [5.41, 5.74) is 8.20. The molecule has 2 aromatic carbocycles. The second-order valence-corrected chi connectivity index (χ2v) is 3.93. The minimum Gasteiger partial charge on any atom is -0.399 e. The number of aliphatic hydroxyl groups excluding tert-OH is 1. The van der Waals surface area contributed by atoms with E-state index < -0.39 is 6.10 Å². The van der Waals surface area contributed by atoms with Gasteiger partial charge in [-0.3, -0.25) is 0 Å².